The van der Waals surface area contributed by atoms with E-state index in [2.05, 4.69) is 20.8 Å². The number of amides is 2. The second kappa shape index (κ2) is 5.50. The van der Waals surface area contributed by atoms with Gasteiger partial charge in [0.25, 0.3) is 0 Å². The maximum absolute atomic E-state index is 11.5. The van der Waals surface area contributed by atoms with Gasteiger partial charge in [0.15, 0.2) is 0 Å². The van der Waals surface area contributed by atoms with Crippen molar-refractivity contribution in [3.63, 3.8) is 0 Å². The topological polar surface area (TPSA) is 80.1 Å². The molecule has 0 spiro atoms. The number of nitrogens with one attached hydrogen (secondary N) is 2. The molecule has 0 bridgehead atoms. The summed E-state index contributed by atoms with van der Waals surface area (Å²) in [6.45, 7) is 0.207. The van der Waals surface area contributed by atoms with Crippen molar-refractivity contribution in [2.24, 2.45) is 0 Å². The molecule has 1 heterocycles. The maximum atomic E-state index is 11.5. The fourth-order valence-corrected chi connectivity index (χ4v) is 1.79. The molecular weight excluding hydrogens is 280 g/mol. The zero-order valence-electron chi connectivity index (χ0n) is 10.6. The number of nitrogens with zero attached hydrogens (tertiary/aromatic N) is 2. The predicted molar refractivity (Wildman–Crippen MR) is 73.1 cm³/mol. The van der Waals surface area contributed by atoms with Crippen molar-refractivity contribution in [2.75, 3.05) is 0 Å². The molecule has 2 aromatic rings. The molecule has 6 nitrogen and oxygen atoms in total. The quantitative estimate of drug-likeness (QED) is 0.906. The Morgan fingerprint density at radius 3 is 2.80 bits per heavy atom. The van der Waals surface area contributed by atoms with Gasteiger partial charge in [0.1, 0.15) is 0 Å². The van der Waals surface area contributed by atoms with Gasteiger partial charge in [-0.05, 0) is 37.1 Å². The Hall–Kier alpha value is -2.08. The standard InChI is InChI=1S/C13H13ClN4O2/c14-9-3-1-8(2-4-9)12-17-11(20-18-12)7-15-13(19)16-10-5-6-10/h1-4,10H,5-7H2,(H2,15,16,19). The van der Waals surface area contributed by atoms with E-state index < -0.39 is 0 Å². The Morgan fingerprint density at radius 2 is 2.10 bits per heavy atom. The van der Waals surface area contributed by atoms with Crippen molar-refractivity contribution in [3.8, 4) is 11.4 Å². The first kappa shape index (κ1) is 12.9. The van der Waals surface area contributed by atoms with Crippen LogP contribution in [0.1, 0.15) is 18.7 Å². The highest BCUT2D eigenvalue weighted by molar-refractivity contribution is 6.30. The summed E-state index contributed by atoms with van der Waals surface area (Å²) in [5.74, 6) is 0.835. The lowest BCUT2D eigenvalue weighted by atomic mass is 10.2. The Bertz CT molecular complexity index is 607. The number of aromatic nitrogens is 2. The molecule has 20 heavy (non-hydrogen) atoms. The van der Waals surface area contributed by atoms with Crippen LogP contribution in [0.15, 0.2) is 28.8 Å². The molecule has 0 radical (unpaired) electrons. The third kappa shape index (κ3) is 3.27. The van der Waals surface area contributed by atoms with Gasteiger partial charge in [-0.1, -0.05) is 16.8 Å². The Balaban J connectivity index is 1.58. The first-order chi connectivity index (χ1) is 9.70. The molecule has 1 aliphatic rings. The van der Waals surface area contributed by atoms with Crippen LogP contribution < -0.4 is 10.6 Å². The van der Waals surface area contributed by atoms with Crippen molar-refractivity contribution in [3.05, 3.63) is 35.2 Å². The monoisotopic (exact) mass is 292 g/mol. The number of carbonyl (C=O) groups excluding carboxylic acids is 1. The van der Waals surface area contributed by atoms with Crippen LogP contribution in [0.4, 0.5) is 4.79 Å². The predicted octanol–water partition coefficient (Wildman–Crippen LogP) is 2.35. The molecule has 1 saturated carbocycles. The van der Waals surface area contributed by atoms with Crippen molar-refractivity contribution in [2.45, 2.75) is 25.4 Å². The zero-order valence-corrected chi connectivity index (χ0v) is 11.4. The zero-order chi connectivity index (χ0) is 13.9. The van der Waals surface area contributed by atoms with Crippen LogP contribution in [-0.4, -0.2) is 22.2 Å². The van der Waals surface area contributed by atoms with Gasteiger partial charge in [0, 0.05) is 16.6 Å². The van der Waals surface area contributed by atoms with Gasteiger partial charge < -0.3 is 15.2 Å². The van der Waals surface area contributed by atoms with Gasteiger partial charge in [-0.15, -0.1) is 0 Å². The third-order valence-corrected chi connectivity index (χ3v) is 3.14. The second-order valence-electron chi connectivity index (χ2n) is 4.62. The number of halogens is 1. The minimum atomic E-state index is -0.209. The molecule has 0 atom stereocenters. The van der Waals surface area contributed by atoms with Crippen molar-refractivity contribution in [1.82, 2.24) is 20.8 Å². The Morgan fingerprint density at radius 1 is 1.35 bits per heavy atom. The average Bonchev–Trinajstić information content (AvgIpc) is 3.12. The van der Waals surface area contributed by atoms with E-state index in [-0.39, 0.29) is 12.6 Å². The van der Waals surface area contributed by atoms with E-state index in [9.17, 15) is 4.79 Å². The lowest BCUT2D eigenvalue weighted by Gasteiger charge is -2.02. The van der Waals surface area contributed by atoms with E-state index in [1.165, 1.54) is 0 Å². The molecule has 1 fully saturated rings. The SMILES string of the molecule is O=C(NCc1nc(-c2ccc(Cl)cc2)no1)NC1CC1. The van der Waals surface area contributed by atoms with Gasteiger partial charge in [-0.25, -0.2) is 4.79 Å². The highest BCUT2D eigenvalue weighted by Gasteiger charge is 2.23. The second-order valence-corrected chi connectivity index (χ2v) is 5.06. The molecule has 3 rings (SSSR count). The molecule has 7 heteroatoms. The summed E-state index contributed by atoms with van der Waals surface area (Å²) in [5, 5.41) is 10.0. The summed E-state index contributed by atoms with van der Waals surface area (Å²) in [6.07, 6.45) is 2.10. The van der Waals surface area contributed by atoms with Crippen LogP contribution in [0.3, 0.4) is 0 Å². The van der Waals surface area contributed by atoms with Gasteiger partial charge in [-0.3, -0.25) is 0 Å². The van der Waals surface area contributed by atoms with E-state index in [0.29, 0.717) is 22.8 Å². The van der Waals surface area contributed by atoms with Gasteiger partial charge in [0.2, 0.25) is 11.7 Å². The molecule has 0 aliphatic heterocycles. The van der Waals surface area contributed by atoms with Crippen molar-refractivity contribution in [1.29, 1.82) is 0 Å². The molecular formula is C13H13ClN4O2. The fraction of sp³-hybridized carbons (Fsp3) is 0.308. The summed E-state index contributed by atoms with van der Waals surface area (Å²) in [4.78, 5) is 15.7. The Kier molecular flexibility index (Phi) is 3.56. The van der Waals surface area contributed by atoms with Crippen LogP contribution >= 0.6 is 11.6 Å². The average molecular weight is 293 g/mol. The summed E-state index contributed by atoms with van der Waals surface area (Å²) in [6, 6.07) is 7.25. The van der Waals surface area contributed by atoms with Gasteiger partial charge >= 0.3 is 6.03 Å². The fourth-order valence-electron chi connectivity index (χ4n) is 1.66. The number of benzene rings is 1. The highest BCUT2D eigenvalue weighted by atomic mass is 35.5. The van der Waals surface area contributed by atoms with Crippen LogP contribution in [-0.2, 0) is 6.54 Å². The molecule has 1 aromatic carbocycles. The first-order valence-corrected chi connectivity index (χ1v) is 6.71. The van der Waals surface area contributed by atoms with Crippen LogP contribution in [0.5, 0.6) is 0 Å². The normalized spacial score (nSPS) is 14.1. The lowest BCUT2D eigenvalue weighted by Crippen LogP contribution is -2.36. The third-order valence-electron chi connectivity index (χ3n) is 2.88. The minimum Gasteiger partial charge on any atom is -0.337 e. The number of urea groups is 1. The number of rotatable bonds is 4. The van der Waals surface area contributed by atoms with Crippen molar-refractivity contribution < 1.29 is 9.32 Å². The summed E-state index contributed by atoms with van der Waals surface area (Å²) < 4.78 is 5.08. The van der Waals surface area contributed by atoms with E-state index in [1.54, 1.807) is 12.1 Å². The van der Waals surface area contributed by atoms with E-state index in [4.69, 9.17) is 16.1 Å². The molecule has 1 aliphatic carbocycles. The van der Waals surface area contributed by atoms with Crippen LogP contribution in [0.2, 0.25) is 5.02 Å². The smallest absolute Gasteiger partial charge is 0.315 e. The number of carbonyl (C=O) groups is 1. The molecule has 1 aromatic heterocycles. The minimum absolute atomic E-state index is 0.207. The molecule has 2 amide bonds. The number of hydrogen-bond donors (Lipinski definition) is 2. The van der Waals surface area contributed by atoms with Crippen molar-refractivity contribution >= 4 is 17.6 Å². The molecule has 104 valence electrons. The van der Waals surface area contributed by atoms with E-state index >= 15 is 0 Å². The maximum Gasteiger partial charge on any atom is 0.315 e. The largest absolute Gasteiger partial charge is 0.337 e. The van der Waals surface area contributed by atoms with Crippen LogP contribution in [0.25, 0.3) is 11.4 Å². The molecule has 0 unspecified atom stereocenters. The summed E-state index contributed by atoms with van der Waals surface area (Å²) in [5.41, 5.74) is 0.812. The molecule has 0 saturated heterocycles. The first-order valence-electron chi connectivity index (χ1n) is 6.33. The van der Waals surface area contributed by atoms with Crippen LogP contribution in [0, 0.1) is 0 Å². The molecule has 2 N–H and O–H groups in total. The van der Waals surface area contributed by atoms with Gasteiger partial charge in [-0.2, -0.15) is 4.98 Å². The summed E-state index contributed by atoms with van der Waals surface area (Å²) >= 11 is 5.82. The lowest BCUT2D eigenvalue weighted by molar-refractivity contribution is 0.238. The number of hydrogen-bond acceptors (Lipinski definition) is 4. The highest BCUT2D eigenvalue weighted by Crippen LogP contribution is 2.19. The Labute approximate surface area is 120 Å². The summed E-state index contributed by atoms with van der Waals surface area (Å²) in [7, 11) is 0. The van der Waals surface area contributed by atoms with E-state index in [0.717, 1.165) is 18.4 Å². The van der Waals surface area contributed by atoms with Gasteiger partial charge in [0.05, 0.1) is 6.54 Å². The van der Waals surface area contributed by atoms with E-state index in [1.807, 2.05) is 12.1 Å².